The maximum atomic E-state index is 12.8. The molecule has 1 aliphatic heterocycles. The molecule has 22 heavy (non-hydrogen) atoms. The van der Waals surface area contributed by atoms with Crippen LogP contribution in [0, 0.1) is 0 Å². The summed E-state index contributed by atoms with van der Waals surface area (Å²) in [4.78, 5) is 0. The summed E-state index contributed by atoms with van der Waals surface area (Å²) in [6, 6.07) is 0. The van der Waals surface area contributed by atoms with Crippen molar-refractivity contribution in [3.63, 3.8) is 0 Å². The molecule has 0 amide bonds. The molecular formula is C14H20F3NO3S. The molecule has 0 aliphatic carbocycles. The summed E-state index contributed by atoms with van der Waals surface area (Å²) < 4.78 is 67.9. The molecule has 0 saturated carbocycles. The number of sulfonamides is 1. The van der Waals surface area contributed by atoms with Crippen LogP contribution in [0.25, 0.3) is 0 Å². The quantitative estimate of drug-likeness (QED) is 0.571. The van der Waals surface area contributed by atoms with Crippen molar-refractivity contribution in [3.05, 3.63) is 36.1 Å². The predicted octanol–water partition coefficient (Wildman–Crippen LogP) is 3.01. The van der Waals surface area contributed by atoms with Gasteiger partial charge in [0.15, 0.2) is 0 Å². The van der Waals surface area contributed by atoms with Crippen molar-refractivity contribution in [2.75, 3.05) is 19.3 Å². The molecule has 0 aromatic heterocycles. The molecule has 0 spiro atoms. The Kier molecular flexibility index (Phi) is 5.86. The normalized spacial score (nSPS) is 19.5. The van der Waals surface area contributed by atoms with Gasteiger partial charge in [0, 0.05) is 18.7 Å². The second-order valence-electron chi connectivity index (χ2n) is 5.14. The fourth-order valence-electron chi connectivity index (χ4n) is 2.20. The molecule has 1 fully saturated rings. The molecule has 4 nitrogen and oxygen atoms in total. The zero-order valence-electron chi connectivity index (χ0n) is 12.6. The van der Waals surface area contributed by atoms with E-state index in [4.69, 9.17) is 4.74 Å². The van der Waals surface area contributed by atoms with E-state index >= 15 is 0 Å². The Balaban J connectivity index is 2.71. The summed E-state index contributed by atoms with van der Waals surface area (Å²) in [5.41, 5.74) is -1.00. The van der Waals surface area contributed by atoms with Gasteiger partial charge in [0.25, 0.3) is 0 Å². The van der Waals surface area contributed by atoms with E-state index in [1.165, 1.54) is 11.2 Å². The summed E-state index contributed by atoms with van der Waals surface area (Å²) in [5, 5.41) is 0. The van der Waals surface area contributed by atoms with Gasteiger partial charge in [-0.3, -0.25) is 0 Å². The summed E-state index contributed by atoms with van der Waals surface area (Å²) in [6.45, 7) is 8.55. The zero-order valence-corrected chi connectivity index (χ0v) is 13.4. The monoisotopic (exact) mass is 339 g/mol. The van der Waals surface area contributed by atoms with E-state index in [1.54, 1.807) is 0 Å². The number of piperidine rings is 1. The summed E-state index contributed by atoms with van der Waals surface area (Å²) in [7, 11) is -3.25. The van der Waals surface area contributed by atoms with Crippen LogP contribution in [0.5, 0.6) is 0 Å². The van der Waals surface area contributed by atoms with Crippen molar-refractivity contribution in [2.45, 2.75) is 32.0 Å². The van der Waals surface area contributed by atoms with E-state index < -0.39 is 21.8 Å². The van der Waals surface area contributed by atoms with E-state index in [0.29, 0.717) is 12.8 Å². The van der Waals surface area contributed by atoms with Gasteiger partial charge in [-0.1, -0.05) is 19.2 Å². The summed E-state index contributed by atoms with van der Waals surface area (Å²) >= 11 is 0. The van der Waals surface area contributed by atoms with Crippen LogP contribution in [-0.2, 0) is 14.8 Å². The van der Waals surface area contributed by atoms with E-state index in [0.717, 1.165) is 12.3 Å². The van der Waals surface area contributed by atoms with Crippen LogP contribution in [0.3, 0.4) is 0 Å². The standard InChI is InChI=1S/C14H20F3NO3S/c1-5-13(14(15,16)17)10(2)11(3)21-12-6-8-18(9-7-12)22(4,19)20/h5,12H,1,3,6-9H2,2,4H3/b13-10+. The summed E-state index contributed by atoms with van der Waals surface area (Å²) in [5.74, 6) is -0.0648. The minimum atomic E-state index is -4.52. The fraction of sp³-hybridized carbons (Fsp3) is 0.571. The lowest BCUT2D eigenvalue weighted by molar-refractivity contribution is -0.0892. The molecule has 0 aromatic rings. The maximum absolute atomic E-state index is 12.8. The molecule has 1 aliphatic rings. The van der Waals surface area contributed by atoms with Gasteiger partial charge < -0.3 is 4.74 Å². The molecule has 0 radical (unpaired) electrons. The molecule has 0 unspecified atom stereocenters. The minimum Gasteiger partial charge on any atom is -0.491 e. The highest BCUT2D eigenvalue weighted by Crippen LogP contribution is 2.32. The third kappa shape index (κ3) is 4.88. The third-order valence-corrected chi connectivity index (χ3v) is 4.81. The first kappa shape index (κ1) is 18.8. The number of hydrogen-bond acceptors (Lipinski definition) is 3. The van der Waals surface area contributed by atoms with Crippen LogP contribution in [-0.4, -0.2) is 44.3 Å². The number of allylic oxidation sites excluding steroid dienone is 3. The Morgan fingerprint density at radius 3 is 2.18 bits per heavy atom. The predicted molar refractivity (Wildman–Crippen MR) is 78.6 cm³/mol. The highest BCUT2D eigenvalue weighted by Gasteiger charge is 2.34. The van der Waals surface area contributed by atoms with E-state index in [2.05, 4.69) is 13.2 Å². The molecule has 0 atom stereocenters. The van der Waals surface area contributed by atoms with Crippen LogP contribution in [0.1, 0.15) is 19.8 Å². The number of nitrogens with zero attached hydrogens (tertiary/aromatic N) is 1. The molecular weight excluding hydrogens is 319 g/mol. The smallest absolute Gasteiger partial charge is 0.416 e. The number of alkyl halides is 3. The minimum absolute atomic E-state index is 0.0648. The van der Waals surface area contributed by atoms with Crippen LogP contribution in [0.2, 0.25) is 0 Å². The SMILES string of the molecule is C=C/C(=C(/C)C(=C)OC1CCN(S(C)(=O)=O)CC1)C(F)(F)F. The number of hydrogen-bond donors (Lipinski definition) is 0. The first-order valence-corrected chi connectivity index (χ1v) is 8.53. The number of halogens is 3. The zero-order chi connectivity index (χ0) is 17.1. The molecule has 1 saturated heterocycles. The van der Waals surface area contributed by atoms with Gasteiger partial charge in [0.1, 0.15) is 11.9 Å². The summed E-state index contributed by atoms with van der Waals surface area (Å²) in [6.07, 6.45) is -2.18. The highest BCUT2D eigenvalue weighted by molar-refractivity contribution is 7.88. The van der Waals surface area contributed by atoms with E-state index in [1.807, 2.05) is 0 Å². The average Bonchev–Trinajstić information content (AvgIpc) is 2.37. The van der Waals surface area contributed by atoms with E-state index in [-0.39, 0.29) is 30.5 Å². The third-order valence-electron chi connectivity index (χ3n) is 3.51. The molecule has 126 valence electrons. The Hall–Kier alpha value is -1.28. The van der Waals surface area contributed by atoms with Crippen molar-refractivity contribution in [1.29, 1.82) is 0 Å². The first-order valence-electron chi connectivity index (χ1n) is 6.68. The van der Waals surface area contributed by atoms with Crippen molar-refractivity contribution in [1.82, 2.24) is 4.31 Å². The largest absolute Gasteiger partial charge is 0.491 e. The van der Waals surface area contributed by atoms with Gasteiger partial charge in [0.2, 0.25) is 10.0 Å². The Bertz CT molecular complexity index is 571. The molecule has 0 aromatic carbocycles. The molecule has 1 heterocycles. The lowest BCUT2D eigenvalue weighted by Crippen LogP contribution is -2.40. The van der Waals surface area contributed by atoms with Gasteiger partial charge in [-0.05, 0) is 19.8 Å². The Labute approximate surface area is 129 Å². The number of rotatable bonds is 5. The molecule has 0 N–H and O–H groups in total. The fourth-order valence-corrected chi connectivity index (χ4v) is 3.08. The highest BCUT2D eigenvalue weighted by atomic mass is 32.2. The van der Waals surface area contributed by atoms with Crippen LogP contribution in [0.15, 0.2) is 36.1 Å². The molecule has 1 rings (SSSR count). The van der Waals surface area contributed by atoms with Gasteiger partial charge in [-0.15, -0.1) is 0 Å². The second-order valence-corrected chi connectivity index (χ2v) is 7.13. The molecule has 0 bridgehead atoms. The van der Waals surface area contributed by atoms with Crippen molar-refractivity contribution >= 4 is 10.0 Å². The first-order chi connectivity index (χ1) is 9.96. The van der Waals surface area contributed by atoms with Gasteiger partial charge >= 0.3 is 6.18 Å². The maximum Gasteiger partial charge on any atom is 0.416 e. The van der Waals surface area contributed by atoms with Gasteiger partial charge in [0.05, 0.1) is 11.8 Å². The van der Waals surface area contributed by atoms with E-state index in [9.17, 15) is 21.6 Å². The van der Waals surface area contributed by atoms with Crippen LogP contribution in [0.4, 0.5) is 13.2 Å². The van der Waals surface area contributed by atoms with Crippen molar-refractivity contribution in [2.24, 2.45) is 0 Å². The van der Waals surface area contributed by atoms with Crippen LogP contribution < -0.4 is 0 Å². The second kappa shape index (κ2) is 6.87. The van der Waals surface area contributed by atoms with Crippen molar-refractivity contribution < 1.29 is 26.3 Å². The average molecular weight is 339 g/mol. The lowest BCUT2D eigenvalue weighted by atomic mass is 10.1. The van der Waals surface area contributed by atoms with Gasteiger partial charge in [-0.2, -0.15) is 13.2 Å². The lowest BCUT2D eigenvalue weighted by Gasteiger charge is -2.31. The number of ether oxygens (including phenoxy) is 1. The Morgan fingerprint density at radius 2 is 1.82 bits per heavy atom. The topological polar surface area (TPSA) is 46.6 Å². The molecule has 8 heteroatoms. The van der Waals surface area contributed by atoms with Crippen molar-refractivity contribution in [3.8, 4) is 0 Å². The van der Waals surface area contributed by atoms with Crippen LogP contribution >= 0.6 is 0 Å². The van der Waals surface area contributed by atoms with Gasteiger partial charge in [-0.25, -0.2) is 12.7 Å². The Morgan fingerprint density at radius 1 is 1.32 bits per heavy atom.